The van der Waals surface area contributed by atoms with E-state index in [-0.39, 0.29) is 12.0 Å². The number of hydrogen-bond donors (Lipinski definition) is 1. The third kappa shape index (κ3) is 7.55. The highest BCUT2D eigenvalue weighted by Gasteiger charge is 2.23. The van der Waals surface area contributed by atoms with Crippen molar-refractivity contribution in [2.75, 3.05) is 24.5 Å². The van der Waals surface area contributed by atoms with E-state index in [9.17, 15) is 13.6 Å². The summed E-state index contributed by atoms with van der Waals surface area (Å²) in [4.78, 5) is 31.6. The molecule has 0 radical (unpaired) electrons. The Kier molecular flexibility index (Phi) is 10.8. The van der Waals surface area contributed by atoms with Crippen LogP contribution < -0.4 is 4.90 Å². The molecule has 4 rings (SSSR count). The molecule has 0 amide bonds. The molecule has 3 aromatic rings. The van der Waals surface area contributed by atoms with Gasteiger partial charge in [-0.1, -0.05) is 38.1 Å². The van der Waals surface area contributed by atoms with E-state index in [1.807, 2.05) is 20.8 Å². The summed E-state index contributed by atoms with van der Waals surface area (Å²) in [5.41, 5.74) is 1.20. The molecule has 1 aliphatic heterocycles. The van der Waals surface area contributed by atoms with Gasteiger partial charge in [0.2, 0.25) is 5.90 Å². The highest BCUT2D eigenvalue weighted by atomic mass is 19.1. The highest BCUT2D eigenvalue weighted by Crippen LogP contribution is 2.35. The Morgan fingerprint density at radius 2 is 1.90 bits per heavy atom. The number of aromatic nitrogens is 2. The predicted octanol–water partition coefficient (Wildman–Crippen LogP) is 6.28. The van der Waals surface area contributed by atoms with Crippen molar-refractivity contribution in [2.45, 2.75) is 52.9 Å². The number of carbonyl (C=O) groups is 1. The lowest BCUT2D eigenvalue weighted by Crippen LogP contribution is -2.35. The third-order valence-electron chi connectivity index (χ3n) is 6.44. The smallest absolute Gasteiger partial charge is 0.307 e. The van der Waals surface area contributed by atoms with Gasteiger partial charge in [0.1, 0.15) is 23.8 Å². The maximum Gasteiger partial charge on any atom is 0.307 e. The van der Waals surface area contributed by atoms with Gasteiger partial charge in [0.05, 0.1) is 11.9 Å². The standard InChI is InChI=1S/C27H29F2N5O3.C2H6/c1-3-4-24(37-30-2)31-15-17-7-9-34(10-8-17)27-22-14-19(28)13-21(26(22)32-16-33-27)20-6-5-18(11-23(20)29)12-25(35)36;1-2/h5-6,11,13-14,16-17H,2-4,7-10,12,15H2,1H3,(H,35,36);1-2H3. The molecule has 208 valence electrons. The van der Waals surface area contributed by atoms with Gasteiger partial charge in [-0.3, -0.25) is 9.79 Å². The van der Waals surface area contributed by atoms with Crippen LogP contribution >= 0.6 is 0 Å². The summed E-state index contributed by atoms with van der Waals surface area (Å²) >= 11 is 0. The molecule has 1 aromatic heterocycles. The predicted molar refractivity (Wildman–Crippen MR) is 150 cm³/mol. The second kappa shape index (κ2) is 14.3. The van der Waals surface area contributed by atoms with E-state index in [2.05, 4.69) is 31.7 Å². The second-order valence-corrected chi connectivity index (χ2v) is 9.07. The van der Waals surface area contributed by atoms with Gasteiger partial charge in [0.25, 0.3) is 0 Å². The maximum absolute atomic E-state index is 15.0. The topological polar surface area (TPSA) is 100 Å². The summed E-state index contributed by atoms with van der Waals surface area (Å²) in [6.07, 6.45) is 4.47. The van der Waals surface area contributed by atoms with Gasteiger partial charge < -0.3 is 14.8 Å². The Hall–Kier alpha value is -3.95. The molecule has 39 heavy (non-hydrogen) atoms. The van der Waals surface area contributed by atoms with E-state index in [1.54, 1.807) is 0 Å². The largest absolute Gasteiger partial charge is 0.481 e. The minimum Gasteiger partial charge on any atom is -0.481 e. The van der Waals surface area contributed by atoms with Gasteiger partial charge in [-0.05, 0) is 48.9 Å². The number of oxime groups is 1. The third-order valence-corrected chi connectivity index (χ3v) is 6.44. The van der Waals surface area contributed by atoms with Crippen LogP contribution in [-0.2, 0) is 16.1 Å². The quantitative estimate of drug-likeness (QED) is 0.195. The van der Waals surface area contributed by atoms with Crippen molar-refractivity contribution in [1.29, 1.82) is 0 Å². The molecule has 0 atom stereocenters. The van der Waals surface area contributed by atoms with Gasteiger partial charge >= 0.3 is 5.97 Å². The van der Waals surface area contributed by atoms with Crippen LogP contribution in [0.3, 0.4) is 0 Å². The summed E-state index contributed by atoms with van der Waals surface area (Å²) in [5.74, 6) is -0.661. The number of halogens is 2. The number of nitrogens with zero attached hydrogens (tertiary/aromatic N) is 5. The lowest BCUT2D eigenvalue weighted by Gasteiger charge is -2.32. The fourth-order valence-corrected chi connectivity index (χ4v) is 4.64. The van der Waals surface area contributed by atoms with Crippen molar-refractivity contribution in [2.24, 2.45) is 16.1 Å². The minimum atomic E-state index is -1.06. The first-order valence-corrected chi connectivity index (χ1v) is 13.3. The van der Waals surface area contributed by atoms with Crippen molar-refractivity contribution < 1.29 is 23.5 Å². The maximum atomic E-state index is 15.0. The molecule has 0 aliphatic carbocycles. The Morgan fingerprint density at radius 1 is 1.15 bits per heavy atom. The highest BCUT2D eigenvalue weighted by molar-refractivity contribution is 5.99. The van der Waals surface area contributed by atoms with Crippen LogP contribution in [0.2, 0.25) is 0 Å². The van der Waals surface area contributed by atoms with Crippen LogP contribution in [0.4, 0.5) is 14.6 Å². The number of carboxylic acid groups (broad SMARTS) is 1. The van der Waals surface area contributed by atoms with Crippen molar-refractivity contribution in [1.82, 2.24) is 9.97 Å². The Labute approximate surface area is 227 Å². The van der Waals surface area contributed by atoms with Crippen LogP contribution in [0.25, 0.3) is 22.0 Å². The van der Waals surface area contributed by atoms with Crippen LogP contribution in [0.5, 0.6) is 0 Å². The van der Waals surface area contributed by atoms with E-state index in [1.165, 1.54) is 30.6 Å². The molecular weight excluding hydrogens is 504 g/mol. The molecule has 8 nitrogen and oxygen atoms in total. The van der Waals surface area contributed by atoms with Gasteiger partial charge in [0, 0.05) is 49.3 Å². The van der Waals surface area contributed by atoms with Crippen molar-refractivity contribution >= 4 is 35.3 Å². The van der Waals surface area contributed by atoms with Crippen LogP contribution in [-0.4, -0.2) is 53.3 Å². The average Bonchev–Trinajstić information content (AvgIpc) is 2.92. The van der Waals surface area contributed by atoms with Gasteiger partial charge in [-0.25, -0.2) is 18.7 Å². The SMILES string of the molecule is C=NOC(CCC)=NCC1CCN(c2ncnc3c(-c4ccc(CC(=O)O)cc4F)cc(F)cc23)CC1.CC. The molecule has 0 bridgehead atoms. The second-order valence-electron chi connectivity index (χ2n) is 9.07. The monoisotopic (exact) mass is 539 g/mol. The molecule has 0 saturated carbocycles. The van der Waals surface area contributed by atoms with E-state index < -0.39 is 17.6 Å². The zero-order valence-corrected chi connectivity index (χ0v) is 22.7. The molecular formula is C29H35F2N5O3. The van der Waals surface area contributed by atoms with E-state index >= 15 is 0 Å². The number of carboxylic acids is 1. The summed E-state index contributed by atoms with van der Waals surface area (Å²) < 4.78 is 29.7. The number of fused-ring (bicyclic) bond motifs is 1. The normalized spacial score (nSPS) is 14.1. The Morgan fingerprint density at radius 3 is 2.54 bits per heavy atom. The summed E-state index contributed by atoms with van der Waals surface area (Å²) in [7, 11) is 0. The number of benzene rings is 2. The van der Waals surface area contributed by atoms with Gasteiger partial charge in [-0.2, -0.15) is 0 Å². The Balaban J connectivity index is 0.00000205. The molecule has 2 aromatic carbocycles. The van der Waals surface area contributed by atoms with Crippen LogP contribution in [0.1, 0.15) is 52.0 Å². The zero-order chi connectivity index (χ0) is 28.4. The molecule has 10 heteroatoms. The minimum absolute atomic E-state index is 0.152. The molecule has 0 unspecified atom stereocenters. The van der Waals surface area contributed by atoms with Crippen molar-refractivity contribution in [3.8, 4) is 11.1 Å². The van der Waals surface area contributed by atoms with Crippen molar-refractivity contribution in [3.05, 3.63) is 53.9 Å². The van der Waals surface area contributed by atoms with Crippen LogP contribution in [0.15, 0.2) is 46.8 Å². The fraction of sp³-hybridized carbons (Fsp3) is 0.414. The molecule has 0 spiro atoms. The van der Waals surface area contributed by atoms with E-state index in [0.717, 1.165) is 25.3 Å². The Bertz CT molecular complexity index is 1320. The van der Waals surface area contributed by atoms with E-state index in [0.29, 0.717) is 65.7 Å². The molecule has 1 fully saturated rings. The molecule has 2 heterocycles. The van der Waals surface area contributed by atoms with Crippen LogP contribution in [0, 0.1) is 17.6 Å². The lowest BCUT2D eigenvalue weighted by atomic mass is 9.96. The number of piperidine rings is 1. The van der Waals surface area contributed by atoms with Gasteiger partial charge in [0.15, 0.2) is 0 Å². The first-order valence-electron chi connectivity index (χ1n) is 13.3. The summed E-state index contributed by atoms with van der Waals surface area (Å²) in [5, 5.41) is 13.0. The summed E-state index contributed by atoms with van der Waals surface area (Å²) in [6, 6.07) is 6.77. The number of rotatable bonds is 9. The first-order chi connectivity index (χ1) is 18.9. The van der Waals surface area contributed by atoms with Crippen molar-refractivity contribution in [3.63, 3.8) is 0 Å². The number of aliphatic carboxylic acids is 1. The lowest BCUT2D eigenvalue weighted by molar-refractivity contribution is -0.136. The fourth-order valence-electron chi connectivity index (χ4n) is 4.64. The number of hydrogen-bond acceptors (Lipinski definition) is 7. The molecule has 1 N–H and O–H groups in total. The zero-order valence-electron chi connectivity index (χ0n) is 22.7. The van der Waals surface area contributed by atoms with Gasteiger partial charge in [-0.15, -0.1) is 0 Å². The first kappa shape index (κ1) is 29.6. The number of anilines is 1. The molecule has 1 saturated heterocycles. The molecule has 1 aliphatic rings. The van der Waals surface area contributed by atoms with E-state index in [4.69, 9.17) is 9.94 Å². The summed E-state index contributed by atoms with van der Waals surface area (Å²) in [6.45, 7) is 11.5. The number of aliphatic imine (C=N–C) groups is 1. The average molecular weight is 540 g/mol.